The van der Waals surface area contributed by atoms with Gasteiger partial charge < -0.3 is 5.32 Å². The van der Waals surface area contributed by atoms with Crippen molar-refractivity contribution in [1.82, 2.24) is 0 Å². The van der Waals surface area contributed by atoms with Crippen LogP contribution in [0.3, 0.4) is 0 Å². The number of hydrogen-bond donors (Lipinski definition) is 2. The summed E-state index contributed by atoms with van der Waals surface area (Å²) in [6.45, 7) is 9.67. The SMILES string of the molecule is C=C(C)Nc1cccc(S)c1.CC. The van der Waals surface area contributed by atoms with Crippen LogP contribution in [0.25, 0.3) is 0 Å². The van der Waals surface area contributed by atoms with E-state index >= 15 is 0 Å². The molecule has 72 valence electrons. The molecule has 0 aromatic heterocycles. The van der Waals surface area contributed by atoms with E-state index in [1.54, 1.807) is 0 Å². The molecule has 1 aromatic rings. The molecule has 2 heteroatoms. The van der Waals surface area contributed by atoms with E-state index in [4.69, 9.17) is 0 Å². The van der Waals surface area contributed by atoms with Gasteiger partial charge in [0.2, 0.25) is 0 Å². The van der Waals surface area contributed by atoms with Gasteiger partial charge in [-0.15, -0.1) is 12.6 Å². The van der Waals surface area contributed by atoms with E-state index in [1.807, 2.05) is 45.0 Å². The molecule has 0 aliphatic heterocycles. The predicted octanol–water partition coefficient (Wildman–Crippen LogP) is 3.95. The summed E-state index contributed by atoms with van der Waals surface area (Å²) in [6.07, 6.45) is 0. The van der Waals surface area contributed by atoms with E-state index in [2.05, 4.69) is 24.5 Å². The summed E-state index contributed by atoms with van der Waals surface area (Å²) in [5.74, 6) is 0. The molecule has 0 saturated carbocycles. The molecule has 1 rings (SSSR count). The van der Waals surface area contributed by atoms with Crippen LogP contribution >= 0.6 is 12.6 Å². The van der Waals surface area contributed by atoms with Gasteiger partial charge in [0.1, 0.15) is 0 Å². The molecule has 13 heavy (non-hydrogen) atoms. The topological polar surface area (TPSA) is 12.0 Å². The van der Waals surface area contributed by atoms with Crippen LogP contribution in [0, 0.1) is 0 Å². The highest BCUT2D eigenvalue weighted by Gasteiger charge is 1.90. The minimum atomic E-state index is 0.934. The summed E-state index contributed by atoms with van der Waals surface area (Å²) in [5, 5.41) is 3.10. The van der Waals surface area contributed by atoms with Gasteiger partial charge in [0.25, 0.3) is 0 Å². The molecule has 0 heterocycles. The highest BCUT2D eigenvalue weighted by atomic mass is 32.1. The maximum Gasteiger partial charge on any atom is 0.0392 e. The van der Waals surface area contributed by atoms with Crippen LogP contribution in [0.1, 0.15) is 20.8 Å². The van der Waals surface area contributed by atoms with Gasteiger partial charge in [-0.3, -0.25) is 0 Å². The Kier molecular flexibility index (Phi) is 6.15. The summed E-state index contributed by atoms with van der Waals surface area (Å²) >= 11 is 4.21. The zero-order valence-corrected chi connectivity index (χ0v) is 9.36. The first-order valence-electron chi connectivity index (χ1n) is 4.40. The average molecular weight is 195 g/mol. The van der Waals surface area contributed by atoms with Crippen molar-refractivity contribution in [1.29, 1.82) is 0 Å². The maximum atomic E-state index is 4.21. The highest BCUT2D eigenvalue weighted by Crippen LogP contribution is 2.14. The highest BCUT2D eigenvalue weighted by molar-refractivity contribution is 7.80. The fraction of sp³-hybridized carbons (Fsp3) is 0.273. The Morgan fingerprint density at radius 2 is 2.00 bits per heavy atom. The largest absolute Gasteiger partial charge is 0.360 e. The van der Waals surface area contributed by atoms with Crippen molar-refractivity contribution >= 4 is 18.3 Å². The molecule has 0 amide bonds. The third kappa shape index (κ3) is 5.36. The van der Waals surface area contributed by atoms with Crippen LogP contribution in [0.15, 0.2) is 41.4 Å². The number of thiol groups is 1. The van der Waals surface area contributed by atoms with Crippen molar-refractivity contribution in [2.24, 2.45) is 0 Å². The first-order chi connectivity index (χ1) is 6.18. The fourth-order valence-electron chi connectivity index (χ4n) is 0.830. The third-order valence-corrected chi connectivity index (χ3v) is 1.48. The van der Waals surface area contributed by atoms with Gasteiger partial charge in [0.05, 0.1) is 0 Å². The molecule has 1 aromatic carbocycles. The van der Waals surface area contributed by atoms with Crippen LogP contribution in [-0.4, -0.2) is 0 Å². The van der Waals surface area contributed by atoms with Crippen molar-refractivity contribution in [2.75, 3.05) is 5.32 Å². The predicted molar refractivity (Wildman–Crippen MR) is 63.5 cm³/mol. The van der Waals surface area contributed by atoms with E-state index in [0.717, 1.165) is 16.3 Å². The standard InChI is InChI=1S/C9H11NS.C2H6/c1-7(2)10-8-4-3-5-9(11)6-8;1-2/h3-6,10-11H,1H2,2H3;1-2H3. The zero-order chi connectivity index (χ0) is 10.3. The van der Waals surface area contributed by atoms with E-state index in [1.165, 1.54) is 0 Å². The molecule has 0 spiro atoms. The van der Waals surface area contributed by atoms with Gasteiger partial charge in [-0.1, -0.05) is 26.5 Å². The second-order valence-electron chi connectivity index (χ2n) is 2.46. The Balaban J connectivity index is 0.000000671. The van der Waals surface area contributed by atoms with Crippen LogP contribution in [0.4, 0.5) is 5.69 Å². The zero-order valence-electron chi connectivity index (χ0n) is 8.46. The second kappa shape index (κ2) is 6.61. The quantitative estimate of drug-likeness (QED) is 0.681. The Labute approximate surface area is 86.3 Å². The van der Waals surface area contributed by atoms with Gasteiger partial charge >= 0.3 is 0 Å². The van der Waals surface area contributed by atoms with Crippen LogP contribution in [0.2, 0.25) is 0 Å². The maximum absolute atomic E-state index is 4.21. The fourth-order valence-corrected chi connectivity index (χ4v) is 1.06. The number of hydrogen-bond acceptors (Lipinski definition) is 2. The molecule has 0 unspecified atom stereocenters. The van der Waals surface area contributed by atoms with Crippen LogP contribution < -0.4 is 5.32 Å². The lowest BCUT2D eigenvalue weighted by Crippen LogP contribution is -1.92. The Morgan fingerprint density at radius 3 is 2.46 bits per heavy atom. The minimum Gasteiger partial charge on any atom is -0.360 e. The molecule has 0 aliphatic rings. The Bertz CT molecular complexity index is 269. The van der Waals surface area contributed by atoms with E-state index in [0.29, 0.717) is 0 Å². The molecule has 0 bridgehead atoms. The number of allylic oxidation sites excluding steroid dienone is 1. The van der Waals surface area contributed by atoms with E-state index in [9.17, 15) is 0 Å². The van der Waals surface area contributed by atoms with Crippen molar-refractivity contribution in [3.05, 3.63) is 36.5 Å². The lowest BCUT2D eigenvalue weighted by atomic mass is 10.3. The molecule has 1 N–H and O–H groups in total. The van der Waals surface area contributed by atoms with Crippen molar-refractivity contribution in [3.8, 4) is 0 Å². The summed E-state index contributed by atoms with van der Waals surface area (Å²) in [5.41, 5.74) is 1.97. The summed E-state index contributed by atoms with van der Waals surface area (Å²) in [7, 11) is 0. The van der Waals surface area contributed by atoms with Gasteiger partial charge in [0, 0.05) is 16.3 Å². The van der Waals surface area contributed by atoms with Gasteiger partial charge in [-0.2, -0.15) is 0 Å². The number of nitrogens with one attached hydrogen (secondary N) is 1. The summed E-state index contributed by atoms with van der Waals surface area (Å²) in [4.78, 5) is 0.955. The number of anilines is 1. The van der Waals surface area contributed by atoms with Crippen molar-refractivity contribution in [2.45, 2.75) is 25.7 Å². The van der Waals surface area contributed by atoms with Crippen molar-refractivity contribution in [3.63, 3.8) is 0 Å². The van der Waals surface area contributed by atoms with Crippen LogP contribution in [-0.2, 0) is 0 Å². The Morgan fingerprint density at radius 1 is 1.38 bits per heavy atom. The monoisotopic (exact) mass is 195 g/mol. The Hall–Kier alpha value is -0.890. The van der Waals surface area contributed by atoms with Crippen molar-refractivity contribution < 1.29 is 0 Å². The molecular weight excluding hydrogens is 178 g/mol. The molecule has 0 radical (unpaired) electrons. The first kappa shape index (κ1) is 12.1. The van der Waals surface area contributed by atoms with Gasteiger partial charge in [-0.25, -0.2) is 0 Å². The molecule has 1 nitrogen and oxygen atoms in total. The summed E-state index contributed by atoms with van der Waals surface area (Å²) < 4.78 is 0. The number of benzene rings is 1. The average Bonchev–Trinajstić information content (AvgIpc) is 2.06. The third-order valence-electron chi connectivity index (χ3n) is 1.20. The normalized spacial score (nSPS) is 8.31. The van der Waals surface area contributed by atoms with E-state index < -0.39 is 0 Å². The summed E-state index contributed by atoms with van der Waals surface area (Å²) in [6, 6.07) is 7.83. The molecule has 0 fully saturated rings. The van der Waals surface area contributed by atoms with Crippen LogP contribution in [0.5, 0.6) is 0 Å². The van der Waals surface area contributed by atoms with E-state index in [-0.39, 0.29) is 0 Å². The molecular formula is C11H17NS. The number of rotatable bonds is 2. The second-order valence-corrected chi connectivity index (χ2v) is 2.97. The minimum absolute atomic E-state index is 0.934. The van der Waals surface area contributed by atoms with Gasteiger partial charge in [-0.05, 0) is 25.1 Å². The molecule has 0 aliphatic carbocycles. The lowest BCUT2D eigenvalue weighted by molar-refractivity contribution is 1.37. The first-order valence-corrected chi connectivity index (χ1v) is 4.85. The van der Waals surface area contributed by atoms with Gasteiger partial charge in [0.15, 0.2) is 0 Å². The smallest absolute Gasteiger partial charge is 0.0392 e. The lowest BCUT2D eigenvalue weighted by Gasteiger charge is -2.04. The molecule has 0 saturated heterocycles. The molecule has 0 atom stereocenters.